The summed E-state index contributed by atoms with van der Waals surface area (Å²) in [7, 11) is 0. The van der Waals surface area contributed by atoms with E-state index < -0.39 is 0 Å². The normalized spacial score (nSPS) is 23.6. The second-order valence-corrected chi connectivity index (χ2v) is 4.74. The van der Waals surface area contributed by atoms with E-state index >= 15 is 0 Å². The smallest absolute Gasteiger partial charge is 0.0544 e. The van der Waals surface area contributed by atoms with E-state index in [1.165, 1.54) is 12.0 Å². The number of hydrogen-bond donors (Lipinski definition) is 2. The molecule has 1 saturated carbocycles. The molecular formula is C14H16N4. The number of rotatable bonds is 4. The van der Waals surface area contributed by atoms with E-state index in [2.05, 4.69) is 39.9 Å². The molecule has 4 nitrogen and oxygen atoms in total. The van der Waals surface area contributed by atoms with E-state index in [0.29, 0.717) is 11.8 Å². The van der Waals surface area contributed by atoms with Crippen molar-refractivity contribution in [2.24, 2.45) is 11.8 Å². The summed E-state index contributed by atoms with van der Waals surface area (Å²) in [5.74, 6) is 6.83. The van der Waals surface area contributed by atoms with Crippen LogP contribution in [-0.2, 0) is 0 Å². The summed E-state index contributed by atoms with van der Waals surface area (Å²) in [5.41, 5.74) is 5.41. The predicted molar refractivity (Wildman–Crippen MR) is 69.4 cm³/mol. The lowest BCUT2D eigenvalue weighted by Gasteiger charge is -2.15. The average molecular weight is 240 g/mol. The van der Waals surface area contributed by atoms with Crippen LogP contribution >= 0.6 is 0 Å². The Morgan fingerprint density at radius 3 is 2.67 bits per heavy atom. The maximum absolute atomic E-state index is 5.69. The average Bonchev–Trinajstić information content (AvgIpc) is 3.22. The molecule has 0 amide bonds. The maximum atomic E-state index is 5.69. The van der Waals surface area contributed by atoms with Crippen molar-refractivity contribution >= 4 is 0 Å². The Kier molecular flexibility index (Phi) is 3.04. The lowest BCUT2D eigenvalue weighted by atomic mass is 10.0. The molecule has 2 aromatic rings. The summed E-state index contributed by atoms with van der Waals surface area (Å²) in [6.45, 7) is 0. The predicted octanol–water partition coefficient (Wildman–Crippen LogP) is 1.78. The second-order valence-electron chi connectivity index (χ2n) is 4.74. The van der Waals surface area contributed by atoms with Crippen molar-refractivity contribution in [2.75, 3.05) is 0 Å². The lowest BCUT2D eigenvalue weighted by Crippen LogP contribution is -2.30. The van der Waals surface area contributed by atoms with Gasteiger partial charge in [-0.05, 0) is 35.4 Å². The van der Waals surface area contributed by atoms with Crippen molar-refractivity contribution in [2.45, 2.75) is 18.4 Å². The Bertz CT molecular complexity index is 500. The Balaban J connectivity index is 1.77. The van der Waals surface area contributed by atoms with Crippen LogP contribution in [0.2, 0.25) is 0 Å². The van der Waals surface area contributed by atoms with E-state index in [1.54, 1.807) is 12.4 Å². The van der Waals surface area contributed by atoms with Crippen LogP contribution in [-0.4, -0.2) is 10.2 Å². The molecule has 3 N–H and O–H groups in total. The van der Waals surface area contributed by atoms with Crippen molar-refractivity contribution in [1.82, 2.24) is 15.6 Å². The van der Waals surface area contributed by atoms with Crippen molar-refractivity contribution in [1.29, 1.82) is 0 Å². The number of hydrazine groups is 1. The summed E-state index contributed by atoms with van der Waals surface area (Å²) in [6, 6.07) is 12.7. The van der Waals surface area contributed by atoms with E-state index in [0.717, 1.165) is 5.56 Å². The summed E-state index contributed by atoms with van der Waals surface area (Å²) in [6.07, 6.45) is 4.66. The van der Waals surface area contributed by atoms with Gasteiger partial charge in [0.25, 0.3) is 0 Å². The van der Waals surface area contributed by atoms with Gasteiger partial charge in [-0.1, -0.05) is 30.3 Å². The van der Waals surface area contributed by atoms with Gasteiger partial charge in [-0.15, -0.1) is 0 Å². The minimum absolute atomic E-state index is 0.158. The first-order chi connectivity index (χ1) is 8.90. The van der Waals surface area contributed by atoms with Gasteiger partial charge in [-0.25, -0.2) is 0 Å². The monoisotopic (exact) mass is 240 g/mol. The number of aromatic nitrogens is 2. The van der Waals surface area contributed by atoms with Crippen molar-refractivity contribution in [3.05, 3.63) is 59.9 Å². The SMILES string of the molecule is NNC(c1ccnnc1)C1CC1c1ccccc1. The topological polar surface area (TPSA) is 63.8 Å². The van der Waals surface area contributed by atoms with E-state index in [1.807, 2.05) is 12.1 Å². The molecule has 1 heterocycles. The van der Waals surface area contributed by atoms with Gasteiger partial charge >= 0.3 is 0 Å². The van der Waals surface area contributed by atoms with Gasteiger partial charge in [0.1, 0.15) is 0 Å². The quantitative estimate of drug-likeness (QED) is 0.631. The summed E-state index contributed by atoms with van der Waals surface area (Å²) in [5, 5.41) is 7.72. The highest BCUT2D eigenvalue weighted by atomic mass is 15.2. The highest BCUT2D eigenvalue weighted by Crippen LogP contribution is 2.53. The minimum atomic E-state index is 0.158. The van der Waals surface area contributed by atoms with Crippen LogP contribution in [0.4, 0.5) is 0 Å². The molecule has 0 radical (unpaired) electrons. The Morgan fingerprint density at radius 1 is 1.17 bits per heavy atom. The van der Waals surface area contributed by atoms with Crippen molar-refractivity contribution < 1.29 is 0 Å². The molecule has 92 valence electrons. The largest absolute Gasteiger partial charge is 0.271 e. The molecule has 0 bridgehead atoms. The van der Waals surface area contributed by atoms with Gasteiger partial charge in [0.2, 0.25) is 0 Å². The molecule has 0 spiro atoms. The van der Waals surface area contributed by atoms with Crippen molar-refractivity contribution in [3.63, 3.8) is 0 Å². The number of hydrogen-bond acceptors (Lipinski definition) is 4. The van der Waals surface area contributed by atoms with Gasteiger partial charge in [0.05, 0.1) is 12.2 Å². The lowest BCUT2D eigenvalue weighted by molar-refractivity contribution is 0.485. The number of benzene rings is 1. The molecule has 0 saturated heterocycles. The molecule has 1 fully saturated rings. The molecule has 3 rings (SSSR count). The third-order valence-electron chi connectivity index (χ3n) is 3.64. The molecule has 1 aliphatic carbocycles. The molecule has 4 heteroatoms. The zero-order chi connectivity index (χ0) is 12.4. The van der Waals surface area contributed by atoms with E-state index in [-0.39, 0.29) is 6.04 Å². The third kappa shape index (κ3) is 2.12. The van der Waals surface area contributed by atoms with Gasteiger partial charge in [0, 0.05) is 6.20 Å². The molecule has 1 aromatic heterocycles. The molecule has 3 atom stereocenters. The standard InChI is InChI=1S/C14H16N4/c15-18-14(11-6-7-16-17-9-11)13-8-12(13)10-4-2-1-3-5-10/h1-7,9,12-14,18H,8,15H2. The molecule has 3 unspecified atom stereocenters. The van der Waals surface area contributed by atoms with Crippen LogP contribution in [0.1, 0.15) is 29.5 Å². The van der Waals surface area contributed by atoms with Crippen LogP contribution in [0, 0.1) is 5.92 Å². The molecule has 18 heavy (non-hydrogen) atoms. The maximum Gasteiger partial charge on any atom is 0.0544 e. The van der Waals surface area contributed by atoms with Crippen LogP contribution in [0.25, 0.3) is 0 Å². The zero-order valence-electron chi connectivity index (χ0n) is 10.0. The molecule has 1 aliphatic rings. The van der Waals surface area contributed by atoms with E-state index in [4.69, 9.17) is 5.84 Å². The van der Waals surface area contributed by atoms with Crippen LogP contribution in [0.15, 0.2) is 48.8 Å². The Hall–Kier alpha value is -1.78. The highest BCUT2D eigenvalue weighted by Gasteiger charge is 2.44. The first-order valence-corrected chi connectivity index (χ1v) is 6.18. The van der Waals surface area contributed by atoms with Crippen LogP contribution in [0.3, 0.4) is 0 Å². The Morgan fingerprint density at radius 2 is 2.00 bits per heavy atom. The summed E-state index contributed by atoms with van der Waals surface area (Å²) in [4.78, 5) is 0. The molecule has 1 aromatic carbocycles. The van der Waals surface area contributed by atoms with Crippen LogP contribution in [0.5, 0.6) is 0 Å². The van der Waals surface area contributed by atoms with Gasteiger partial charge in [-0.2, -0.15) is 10.2 Å². The Labute approximate surface area is 106 Å². The highest BCUT2D eigenvalue weighted by molar-refractivity contribution is 5.29. The van der Waals surface area contributed by atoms with Gasteiger partial charge in [0.15, 0.2) is 0 Å². The first kappa shape index (κ1) is 11.3. The van der Waals surface area contributed by atoms with Gasteiger partial charge in [-0.3, -0.25) is 11.3 Å². The number of nitrogens with one attached hydrogen (secondary N) is 1. The molecular weight excluding hydrogens is 224 g/mol. The fourth-order valence-electron chi connectivity index (χ4n) is 2.62. The fraction of sp³-hybridized carbons (Fsp3) is 0.286. The zero-order valence-corrected chi connectivity index (χ0v) is 10.0. The third-order valence-corrected chi connectivity index (χ3v) is 3.64. The summed E-state index contributed by atoms with van der Waals surface area (Å²) < 4.78 is 0. The summed E-state index contributed by atoms with van der Waals surface area (Å²) >= 11 is 0. The first-order valence-electron chi connectivity index (χ1n) is 6.18. The van der Waals surface area contributed by atoms with Crippen LogP contribution < -0.4 is 11.3 Å². The number of nitrogens with zero attached hydrogens (tertiary/aromatic N) is 2. The molecule has 0 aliphatic heterocycles. The fourth-order valence-corrected chi connectivity index (χ4v) is 2.62. The second kappa shape index (κ2) is 4.84. The van der Waals surface area contributed by atoms with Gasteiger partial charge < -0.3 is 0 Å². The van der Waals surface area contributed by atoms with Crippen molar-refractivity contribution in [3.8, 4) is 0 Å². The van der Waals surface area contributed by atoms with E-state index in [9.17, 15) is 0 Å². The minimum Gasteiger partial charge on any atom is -0.271 e. The number of nitrogens with two attached hydrogens (primary N) is 1.